The monoisotopic (exact) mass is 525 g/mol. The zero-order chi connectivity index (χ0) is 28.0. The van der Waals surface area contributed by atoms with E-state index in [1.807, 2.05) is 67.7 Å². The molecule has 0 spiro atoms. The van der Waals surface area contributed by atoms with E-state index in [2.05, 4.69) is 36.1 Å². The Balaban J connectivity index is 1.72. The highest BCUT2D eigenvalue weighted by atomic mass is 16.5. The van der Waals surface area contributed by atoms with Crippen molar-refractivity contribution in [2.45, 2.75) is 25.7 Å². The minimum absolute atomic E-state index is 0.221. The SMILES string of the molecule is BC(B)(B)NC(=O)c1cnc(Nc2cc(C)ccn2)cc1Nc1cccc(-c2noc(COCC)n2)c1OC. The Morgan fingerprint density at radius 3 is 2.59 bits per heavy atom. The Kier molecular flexibility index (Phi) is 8.55. The fourth-order valence-corrected chi connectivity index (χ4v) is 3.74. The lowest BCUT2D eigenvalue weighted by atomic mass is 9.49. The van der Waals surface area contributed by atoms with Crippen molar-refractivity contribution in [3.63, 3.8) is 0 Å². The molecule has 0 unspecified atom stereocenters. The summed E-state index contributed by atoms with van der Waals surface area (Å²) in [6, 6.07) is 11.1. The summed E-state index contributed by atoms with van der Waals surface area (Å²) < 4.78 is 16.4. The minimum atomic E-state index is -0.438. The number of hydrogen-bond acceptors (Lipinski definition) is 10. The summed E-state index contributed by atoms with van der Waals surface area (Å²) in [4.78, 5) is 26.5. The molecule has 39 heavy (non-hydrogen) atoms. The summed E-state index contributed by atoms with van der Waals surface area (Å²) in [6.45, 7) is 4.63. The van der Waals surface area contributed by atoms with Gasteiger partial charge in [0.05, 0.1) is 29.6 Å². The lowest BCUT2D eigenvalue weighted by Gasteiger charge is -2.22. The lowest BCUT2D eigenvalue weighted by Crippen LogP contribution is -2.50. The number of nitrogens with one attached hydrogen (secondary N) is 3. The van der Waals surface area contributed by atoms with Crippen LogP contribution in [0, 0.1) is 6.92 Å². The van der Waals surface area contributed by atoms with E-state index in [4.69, 9.17) is 14.0 Å². The molecule has 0 bridgehead atoms. The number of methoxy groups -OCH3 is 1. The first kappa shape index (κ1) is 27.7. The molecule has 0 fully saturated rings. The van der Waals surface area contributed by atoms with E-state index in [0.29, 0.717) is 58.2 Å². The number of aryl methyl sites for hydroxylation is 1. The average molecular weight is 525 g/mol. The third-order valence-corrected chi connectivity index (χ3v) is 5.44. The third kappa shape index (κ3) is 7.17. The number of hydrogen-bond donors (Lipinski definition) is 3. The molecule has 4 rings (SSSR count). The van der Waals surface area contributed by atoms with E-state index < -0.39 is 5.24 Å². The summed E-state index contributed by atoms with van der Waals surface area (Å²) in [5.41, 5.74) is 3.15. The number of pyridine rings is 2. The van der Waals surface area contributed by atoms with Gasteiger partial charge in [-0.3, -0.25) is 4.79 Å². The average Bonchev–Trinajstić information content (AvgIpc) is 3.35. The van der Waals surface area contributed by atoms with E-state index >= 15 is 0 Å². The van der Waals surface area contributed by atoms with E-state index in [1.165, 1.54) is 6.20 Å². The van der Waals surface area contributed by atoms with Gasteiger partial charge in [0.1, 0.15) is 41.8 Å². The maximum Gasteiger partial charge on any atom is 0.253 e. The number of carbonyl (C=O) groups is 1. The first-order valence-corrected chi connectivity index (χ1v) is 12.5. The van der Waals surface area contributed by atoms with Crippen LogP contribution in [-0.2, 0) is 11.3 Å². The number of ether oxygens (including phenoxy) is 2. The van der Waals surface area contributed by atoms with E-state index in [0.717, 1.165) is 5.56 Å². The molecule has 0 aliphatic heterocycles. The number of amides is 1. The Morgan fingerprint density at radius 2 is 1.87 bits per heavy atom. The topological polar surface area (TPSA) is 136 Å². The van der Waals surface area contributed by atoms with Gasteiger partial charge in [-0.1, -0.05) is 11.2 Å². The largest absolute Gasteiger partial charge is 0.494 e. The molecule has 3 N–H and O–H groups in total. The van der Waals surface area contributed by atoms with Crippen LogP contribution in [0.15, 0.2) is 53.3 Å². The second kappa shape index (κ2) is 12.0. The van der Waals surface area contributed by atoms with Crippen LogP contribution in [0.25, 0.3) is 11.4 Å². The molecule has 3 aromatic heterocycles. The van der Waals surface area contributed by atoms with Crippen LogP contribution in [0.4, 0.5) is 23.0 Å². The number of rotatable bonds is 11. The van der Waals surface area contributed by atoms with Gasteiger partial charge in [0.15, 0.2) is 5.75 Å². The number of nitrogens with zero attached hydrogens (tertiary/aromatic N) is 4. The van der Waals surface area contributed by atoms with Crippen LogP contribution < -0.4 is 20.7 Å². The second-order valence-corrected chi connectivity index (χ2v) is 9.82. The number of benzene rings is 1. The maximum atomic E-state index is 13.2. The second-order valence-electron chi connectivity index (χ2n) is 9.82. The number of carbonyl (C=O) groups excluding carboxylic acids is 1. The maximum absolute atomic E-state index is 13.2. The molecule has 1 aromatic carbocycles. The van der Waals surface area contributed by atoms with Gasteiger partial charge in [-0.15, -0.1) is 0 Å². The van der Waals surface area contributed by atoms with E-state index in [-0.39, 0.29) is 12.5 Å². The van der Waals surface area contributed by atoms with Crippen molar-refractivity contribution >= 4 is 52.5 Å². The molecule has 0 atom stereocenters. The normalized spacial score (nSPS) is 11.2. The van der Waals surface area contributed by atoms with Crippen LogP contribution in [0.2, 0.25) is 0 Å². The first-order valence-electron chi connectivity index (χ1n) is 12.5. The molecule has 11 nitrogen and oxygen atoms in total. The molecule has 0 aliphatic carbocycles. The minimum Gasteiger partial charge on any atom is -0.494 e. The highest BCUT2D eigenvalue weighted by Gasteiger charge is 2.22. The Bertz CT molecular complexity index is 1460. The van der Waals surface area contributed by atoms with Gasteiger partial charge in [-0.2, -0.15) is 4.98 Å². The third-order valence-electron chi connectivity index (χ3n) is 5.44. The molecule has 0 aliphatic rings. The van der Waals surface area contributed by atoms with Gasteiger partial charge >= 0.3 is 0 Å². The molecule has 198 valence electrons. The molecule has 14 heteroatoms. The van der Waals surface area contributed by atoms with Crippen molar-refractivity contribution in [1.29, 1.82) is 0 Å². The van der Waals surface area contributed by atoms with Crippen LogP contribution >= 0.6 is 0 Å². The van der Waals surface area contributed by atoms with Crippen molar-refractivity contribution in [3.8, 4) is 17.1 Å². The fourth-order valence-electron chi connectivity index (χ4n) is 3.74. The van der Waals surface area contributed by atoms with E-state index in [1.54, 1.807) is 19.4 Å². The quantitative estimate of drug-likeness (QED) is 0.245. The van der Waals surface area contributed by atoms with Crippen molar-refractivity contribution in [1.82, 2.24) is 25.4 Å². The first-order chi connectivity index (χ1) is 18.7. The smallest absolute Gasteiger partial charge is 0.253 e. The Labute approximate surface area is 229 Å². The molecule has 0 saturated heterocycles. The van der Waals surface area contributed by atoms with Crippen LogP contribution in [0.3, 0.4) is 0 Å². The van der Waals surface area contributed by atoms with Gasteiger partial charge in [-0.25, -0.2) is 9.97 Å². The summed E-state index contributed by atoms with van der Waals surface area (Å²) in [7, 11) is 7.31. The van der Waals surface area contributed by atoms with Crippen LogP contribution in [0.1, 0.15) is 28.7 Å². The fraction of sp³-hybridized carbons (Fsp3) is 0.240. The van der Waals surface area contributed by atoms with Gasteiger partial charge in [0, 0.05) is 25.1 Å². The molecule has 1 amide bonds. The standard InChI is InChI=1S/C25H30B3N7O4/c1-4-38-13-21-33-23(35-39-21)15-6-5-7-17(22(15)37-3)31-18-11-20(32-19-10-14(2)8-9-29-19)30-12-16(18)24(36)34-25(26,27)28/h5-12H,4,13,26-28H2,1-3H3,(H,34,36)(H2,29,30,31,32). The van der Waals surface area contributed by atoms with Gasteiger partial charge in [-0.05, 0) is 48.9 Å². The molecule has 0 radical (unpaired) electrons. The lowest BCUT2D eigenvalue weighted by molar-refractivity contribution is 0.0953. The van der Waals surface area contributed by atoms with Crippen LogP contribution in [0.5, 0.6) is 5.75 Å². The van der Waals surface area contributed by atoms with Crippen molar-refractivity contribution in [2.24, 2.45) is 0 Å². The van der Waals surface area contributed by atoms with Gasteiger partial charge < -0.3 is 29.9 Å². The zero-order valence-electron chi connectivity index (χ0n) is 23.0. The predicted molar refractivity (Wildman–Crippen MR) is 157 cm³/mol. The molecule has 0 saturated carbocycles. The summed E-state index contributed by atoms with van der Waals surface area (Å²) in [6.07, 6.45) is 3.24. The molecule has 3 heterocycles. The molecular formula is C25H30B3N7O4. The van der Waals surface area contributed by atoms with Crippen molar-refractivity contribution in [3.05, 3.63) is 65.8 Å². The van der Waals surface area contributed by atoms with E-state index in [9.17, 15) is 4.79 Å². The predicted octanol–water partition coefficient (Wildman–Crippen LogP) is 1.11. The number of para-hydroxylation sites is 1. The van der Waals surface area contributed by atoms with Gasteiger partial charge in [0.2, 0.25) is 5.82 Å². The number of aromatic nitrogens is 4. The van der Waals surface area contributed by atoms with Crippen molar-refractivity contribution < 1.29 is 18.8 Å². The zero-order valence-corrected chi connectivity index (χ0v) is 23.0. The van der Waals surface area contributed by atoms with Gasteiger partial charge in [0.25, 0.3) is 11.8 Å². The summed E-state index contributed by atoms with van der Waals surface area (Å²) >= 11 is 0. The van der Waals surface area contributed by atoms with Crippen LogP contribution in [-0.4, -0.2) is 68.5 Å². The Hall–Kier alpha value is -4.32. The van der Waals surface area contributed by atoms with Crippen molar-refractivity contribution in [2.75, 3.05) is 24.4 Å². The number of anilines is 4. The molecular weight excluding hydrogens is 495 g/mol. The Morgan fingerprint density at radius 1 is 1.08 bits per heavy atom. The summed E-state index contributed by atoms with van der Waals surface area (Å²) in [5.74, 6) is 2.08. The highest BCUT2D eigenvalue weighted by Crippen LogP contribution is 2.37. The summed E-state index contributed by atoms with van der Waals surface area (Å²) in [5, 5.41) is 13.2. The highest BCUT2D eigenvalue weighted by molar-refractivity contribution is 6.60. The molecule has 4 aromatic rings.